The van der Waals surface area contributed by atoms with E-state index in [1.54, 1.807) is 6.92 Å². The van der Waals surface area contributed by atoms with Gasteiger partial charge in [0.25, 0.3) is 0 Å². The fourth-order valence-corrected chi connectivity index (χ4v) is 3.58. The van der Waals surface area contributed by atoms with Crippen LogP contribution in [0.3, 0.4) is 0 Å². The average Bonchev–Trinajstić information content (AvgIpc) is 2.34. The minimum atomic E-state index is -3.76. The lowest BCUT2D eigenvalue weighted by Crippen LogP contribution is -2.09. The monoisotopic (exact) mass is 297 g/mol. The molecule has 6 heteroatoms. The molecule has 2 N–H and O–H groups in total. The molecule has 0 heterocycles. The van der Waals surface area contributed by atoms with Crippen LogP contribution in [0.5, 0.6) is 0 Å². The molecule has 0 saturated heterocycles. The first-order valence-corrected chi connectivity index (χ1v) is 7.48. The maximum absolute atomic E-state index is 13.6. The molecule has 2 rings (SSSR count). The molecule has 0 aliphatic rings. The van der Waals surface area contributed by atoms with Gasteiger partial charge in [-0.1, -0.05) is 12.1 Å². The van der Waals surface area contributed by atoms with E-state index in [2.05, 4.69) is 0 Å². The third kappa shape index (κ3) is 2.80. The zero-order chi connectivity index (χ0) is 14.9. The van der Waals surface area contributed by atoms with Crippen molar-refractivity contribution in [2.24, 2.45) is 0 Å². The molecule has 0 amide bonds. The molecule has 2 aromatic carbocycles. The molecule has 0 atom stereocenters. The van der Waals surface area contributed by atoms with Crippen LogP contribution in [0, 0.1) is 18.6 Å². The van der Waals surface area contributed by atoms with Gasteiger partial charge in [0.2, 0.25) is 0 Å². The number of rotatable bonds is 3. The summed E-state index contributed by atoms with van der Waals surface area (Å²) >= 11 is 0. The van der Waals surface area contributed by atoms with Gasteiger partial charge in [0.05, 0.1) is 10.6 Å². The zero-order valence-corrected chi connectivity index (χ0v) is 11.5. The van der Waals surface area contributed by atoms with Crippen LogP contribution in [0.1, 0.15) is 11.1 Å². The van der Waals surface area contributed by atoms with Gasteiger partial charge in [0.1, 0.15) is 0 Å². The minimum Gasteiger partial charge on any atom is -0.399 e. The molecule has 0 radical (unpaired) electrons. The van der Waals surface area contributed by atoms with Crippen LogP contribution in [0.15, 0.2) is 41.3 Å². The summed E-state index contributed by atoms with van der Waals surface area (Å²) in [4.78, 5) is 0.0651. The van der Waals surface area contributed by atoms with Gasteiger partial charge >= 0.3 is 0 Å². The third-order valence-corrected chi connectivity index (χ3v) is 4.73. The summed E-state index contributed by atoms with van der Waals surface area (Å²) in [6.45, 7) is 1.60. The second-order valence-electron chi connectivity index (χ2n) is 4.50. The van der Waals surface area contributed by atoms with Gasteiger partial charge in [-0.3, -0.25) is 0 Å². The van der Waals surface area contributed by atoms with Crippen molar-refractivity contribution in [1.82, 2.24) is 0 Å². The quantitative estimate of drug-likeness (QED) is 0.886. The Kier molecular flexibility index (Phi) is 3.76. The van der Waals surface area contributed by atoms with Crippen molar-refractivity contribution in [2.45, 2.75) is 17.6 Å². The van der Waals surface area contributed by atoms with Gasteiger partial charge in [-0.05, 0) is 36.8 Å². The zero-order valence-electron chi connectivity index (χ0n) is 10.7. The highest BCUT2D eigenvalue weighted by atomic mass is 32.2. The Hall–Kier alpha value is -1.95. The van der Waals surface area contributed by atoms with E-state index in [1.807, 2.05) is 0 Å². The first kappa shape index (κ1) is 14.5. The molecule has 0 aliphatic heterocycles. The number of hydrogen-bond donors (Lipinski definition) is 1. The van der Waals surface area contributed by atoms with Crippen molar-refractivity contribution >= 4 is 15.5 Å². The number of anilines is 1. The molecule has 0 fully saturated rings. The van der Waals surface area contributed by atoms with Crippen LogP contribution in [0.4, 0.5) is 14.5 Å². The Balaban J connectivity index is 2.44. The standard InChI is InChI=1S/C14H13F2NO2S/c1-9-7-11(17)5-6-13(9)20(18,19)8-10-3-2-4-12(15)14(10)16/h2-7H,8,17H2,1H3. The molecule has 0 aromatic heterocycles. The molecule has 20 heavy (non-hydrogen) atoms. The van der Waals surface area contributed by atoms with Crippen molar-refractivity contribution in [3.63, 3.8) is 0 Å². The van der Waals surface area contributed by atoms with Crippen LogP contribution < -0.4 is 5.73 Å². The summed E-state index contributed by atoms with van der Waals surface area (Å²) in [6.07, 6.45) is 0. The number of aryl methyl sites for hydroxylation is 1. The van der Waals surface area contributed by atoms with E-state index in [4.69, 9.17) is 5.73 Å². The summed E-state index contributed by atoms with van der Waals surface area (Å²) in [7, 11) is -3.76. The number of halogens is 2. The highest BCUT2D eigenvalue weighted by molar-refractivity contribution is 7.90. The SMILES string of the molecule is Cc1cc(N)ccc1S(=O)(=O)Cc1cccc(F)c1F. The number of sulfone groups is 1. The highest BCUT2D eigenvalue weighted by Gasteiger charge is 2.20. The summed E-state index contributed by atoms with van der Waals surface area (Å²) in [5.41, 5.74) is 6.29. The Labute approximate surface area is 116 Å². The molecule has 0 unspecified atom stereocenters. The van der Waals surface area contributed by atoms with Crippen LogP contribution in [-0.2, 0) is 15.6 Å². The molecule has 0 bridgehead atoms. The highest BCUT2D eigenvalue weighted by Crippen LogP contribution is 2.23. The number of nitrogen functional groups attached to an aromatic ring is 1. The van der Waals surface area contributed by atoms with E-state index in [0.717, 1.165) is 6.07 Å². The van der Waals surface area contributed by atoms with Crippen LogP contribution in [-0.4, -0.2) is 8.42 Å². The van der Waals surface area contributed by atoms with Crippen LogP contribution in [0.25, 0.3) is 0 Å². The summed E-state index contributed by atoms with van der Waals surface area (Å²) in [6, 6.07) is 7.83. The fraction of sp³-hybridized carbons (Fsp3) is 0.143. The van der Waals surface area contributed by atoms with Crippen LogP contribution in [0.2, 0.25) is 0 Å². The molecule has 2 aromatic rings. The van der Waals surface area contributed by atoms with Gasteiger partial charge in [-0.25, -0.2) is 17.2 Å². The molecular formula is C14H13F2NO2S. The van der Waals surface area contributed by atoms with E-state index in [9.17, 15) is 17.2 Å². The number of nitrogens with two attached hydrogens (primary N) is 1. The fourth-order valence-electron chi connectivity index (χ4n) is 1.96. The lowest BCUT2D eigenvalue weighted by atomic mass is 10.2. The first-order chi connectivity index (χ1) is 9.31. The smallest absolute Gasteiger partial charge is 0.182 e. The topological polar surface area (TPSA) is 60.2 Å². The summed E-state index contributed by atoms with van der Waals surface area (Å²) < 4.78 is 51.2. The molecule has 0 spiro atoms. The third-order valence-electron chi connectivity index (χ3n) is 2.91. The van der Waals surface area contributed by atoms with E-state index in [0.29, 0.717) is 11.3 Å². The Morgan fingerprint density at radius 1 is 1.15 bits per heavy atom. The maximum Gasteiger partial charge on any atom is 0.182 e. The predicted molar refractivity (Wildman–Crippen MR) is 72.8 cm³/mol. The second kappa shape index (κ2) is 5.20. The van der Waals surface area contributed by atoms with Crippen molar-refractivity contribution in [1.29, 1.82) is 0 Å². The van der Waals surface area contributed by atoms with Crippen LogP contribution >= 0.6 is 0 Å². The van der Waals surface area contributed by atoms with E-state index in [1.165, 1.54) is 30.3 Å². The lowest BCUT2D eigenvalue weighted by molar-refractivity contribution is 0.501. The van der Waals surface area contributed by atoms with Gasteiger partial charge in [-0.2, -0.15) is 0 Å². The Bertz CT molecular complexity index is 758. The minimum absolute atomic E-state index is 0.0651. The number of benzene rings is 2. The summed E-state index contributed by atoms with van der Waals surface area (Å²) in [5, 5.41) is 0. The average molecular weight is 297 g/mol. The maximum atomic E-state index is 13.6. The van der Waals surface area contributed by atoms with Gasteiger partial charge in [0.15, 0.2) is 21.5 Å². The molecule has 106 valence electrons. The largest absolute Gasteiger partial charge is 0.399 e. The molecule has 0 aliphatic carbocycles. The van der Waals surface area contributed by atoms with E-state index < -0.39 is 27.2 Å². The lowest BCUT2D eigenvalue weighted by Gasteiger charge is -2.09. The Morgan fingerprint density at radius 2 is 1.85 bits per heavy atom. The van der Waals surface area contributed by atoms with Crippen molar-refractivity contribution in [3.8, 4) is 0 Å². The molecule has 3 nitrogen and oxygen atoms in total. The van der Waals surface area contributed by atoms with Crippen molar-refractivity contribution in [3.05, 3.63) is 59.2 Å². The van der Waals surface area contributed by atoms with E-state index >= 15 is 0 Å². The second-order valence-corrected chi connectivity index (χ2v) is 6.45. The first-order valence-electron chi connectivity index (χ1n) is 5.83. The van der Waals surface area contributed by atoms with Gasteiger partial charge < -0.3 is 5.73 Å². The normalized spacial score (nSPS) is 11.6. The Morgan fingerprint density at radius 3 is 2.50 bits per heavy atom. The summed E-state index contributed by atoms with van der Waals surface area (Å²) in [5.74, 6) is -2.79. The number of hydrogen-bond acceptors (Lipinski definition) is 3. The van der Waals surface area contributed by atoms with Crippen molar-refractivity contribution < 1.29 is 17.2 Å². The van der Waals surface area contributed by atoms with E-state index in [-0.39, 0.29) is 10.5 Å². The van der Waals surface area contributed by atoms with Crippen molar-refractivity contribution in [2.75, 3.05) is 5.73 Å². The predicted octanol–water partition coefficient (Wildman–Crippen LogP) is 2.83. The molecular weight excluding hydrogens is 284 g/mol. The van der Waals surface area contributed by atoms with Gasteiger partial charge in [0, 0.05) is 11.3 Å². The van der Waals surface area contributed by atoms with Gasteiger partial charge in [-0.15, -0.1) is 0 Å². The molecule has 0 saturated carbocycles.